The van der Waals surface area contributed by atoms with E-state index >= 15 is 0 Å². The lowest BCUT2D eigenvalue weighted by atomic mass is 9.86. The quantitative estimate of drug-likeness (QED) is 0.345. The van der Waals surface area contributed by atoms with Gasteiger partial charge in [0.15, 0.2) is 11.5 Å². The van der Waals surface area contributed by atoms with Gasteiger partial charge in [0.05, 0.1) is 5.56 Å². The minimum atomic E-state index is -1.47. The summed E-state index contributed by atoms with van der Waals surface area (Å²) in [5, 5.41) is 31.8. The first kappa shape index (κ1) is 25.5. The van der Waals surface area contributed by atoms with Crippen molar-refractivity contribution in [2.75, 3.05) is 0 Å². The van der Waals surface area contributed by atoms with Crippen LogP contribution in [0, 0.1) is 0 Å². The Morgan fingerprint density at radius 3 is 2.18 bits per heavy atom. The molecule has 3 atom stereocenters. The second kappa shape index (κ2) is 10.7. The van der Waals surface area contributed by atoms with E-state index in [0.29, 0.717) is 11.1 Å². The number of esters is 1. The normalized spacial score (nSPS) is 13.9. The third-order valence-corrected chi connectivity index (χ3v) is 4.67. The van der Waals surface area contributed by atoms with Crippen molar-refractivity contribution in [3.05, 3.63) is 59.7 Å². The molecule has 4 N–H and O–H groups in total. The van der Waals surface area contributed by atoms with Gasteiger partial charge < -0.3 is 30.1 Å². The maximum absolute atomic E-state index is 12.4. The van der Waals surface area contributed by atoms with Crippen molar-refractivity contribution in [1.29, 1.82) is 0 Å². The van der Waals surface area contributed by atoms with Crippen molar-refractivity contribution in [3.8, 4) is 11.5 Å². The van der Waals surface area contributed by atoms with E-state index in [4.69, 9.17) is 9.47 Å². The first-order valence-electron chi connectivity index (χ1n) is 10.4. The van der Waals surface area contributed by atoms with Gasteiger partial charge in [-0.25, -0.2) is 14.4 Å². The highest BCUT2D eigenvalue weighted by atomic mass is 16.6. The number of ether oxygens (including phenoxy) is 2. The number of phenols is 2. The number of carbonyl (C=O) groups is 3. The van der Waals surface area contributed by atoms with Crippen LogP contribution in [-0.2, 0) is 14.3 Å². The number of carbonyl (C=O) groups excluding carboxylic acids is 2. The average Bonchev–Trinajstić information content (AvgIpc) is 2.71. The van der Waals surface area contributed by atoms with Crippen LogP contribution in [-0.4, -0.2) is 51.1 Å². The number of phenolic OH excluding ortho intramolecular Hbond substituents is 2. The number of benzene rings is 2. The van der Waals surface area contributed by atoms with E-state index in [9.17, 15) is 29.7 Å². The number of nitrogens with one attached hydrogen (secondary N) is 1. The van der Waals surface area contributed by atoms with E-state index in [1.807, 2.05) is 0 Å². The predicted molar refractivity (Wildman–Crippen MR) is 119 cm³/mol. The van der Waals surface area contributed by atoms with Crippen LogP contribution in [0.4, 0.5) is 4.79 Å². The Kier molecular flexibility index (Phi) is 8.28. The summed E-state index contributed by atoms with van der Waals surface area (Å²) >= 11 is 0. The first-order valence-corrected chi connectivity index (χ1v) is 10.4. The average molecular weight is 459 g/mol. The highest BCUT2D eigenvalue weighted by Crippen LogP contribution is 2.33. The smallest absolute Gasteiger partial charge is 0.408 e. The maximum Gasteiger partial charge on any atom is 0.408 e. The monoisotopic (exact) mass is 459 g/mol. The number of alkyl carbamates (subject to hydrolysis) is 1. The summed E-state index contributed by atoms with van der Waals surface area (Å²) in [6.45, 7) is 6.52. The van der Waals surface area contributed by atoms with Crippen LogP contribution in [0.5, 0.6) is 11.5 Å². The Labute approximate surface area is 192 Å². The Morgan fingerprint density at radius 1 is 1.00 bits per heavy atom. The molecule has 0 aromatic heterocycles. The molecule has 178 valence electrons. The third kappa shape index (κ3) is 7.71. The number of hydrogen-bond donors (Lipinski definition) is 4. The van der Waals surface area contributed by atoms with Gasteiger partial charge in [0.1, 0.15) is 17.7 Å². The lowest BCUT2D eigenvalue weighted by molar-refractivity contribution is -0.140. The molecule has 0 aliphatic heterocycles. The molecular formula is C24H29NO8. The summed E-state index contributed by atoms with van der Waals surface area (Å²) in [4.78, 5) is 36.8. The molecule has 0 radical (unpaired) electrons. The molecule has 2 rings (SSSR count). The minimum Gasteiger partial charge on any atom is -0.504 e. The molecule has 0 spiro atoms. The molecule has 33 heavy (non-hydrogen) atoms. The highest BCUT2D eigenvalue weighted by Gasteiger charge is 2.34. The fraction of sp³-hybridized carbons (Fsp3) is 0.375. The number of carboxylic acid groups (broad SMARTS) is 1. The zero-order valence-electron chi connectivity index (χ0n) is 18.9. The van der Waals surface area contributed by atoms with Crippen molar-refractivity contribution in [2.24, 2.45) is 0 Å². The molecule has 0 aliphatic rings. The highest BCUT2D eigenvalue weighted by molar-refractivity contribution is 5.89. The lowest BCUT2D eigenvalue weighted by Gasteiger charge is -2.29. The fourth-order valence-electron chi connectivity index (χ4n) is 3.24. The third-order valence-electron chi connectivity index (χ3n) is 4.67. The Hall–Kier alpha value is -3.75. The van der Waals surface area contributed by atoms with Crippen molar-refractivity contribution in [1.82, 2.24) is 5.32 Å². The van der Waals surface area contributed by atoms with E-state index in [2.05, 4.69) is 5.32 Å². The summed E-state index contributed by atoms with van der Waals surface area (Å²) in [7, 11) is 0. The Bertz CT molecular complexity index is 984. The summed E-state index contributed by atoms with van der Waals surface area (Å²) in [5.74, 6) is -3.69. The van der Waals surface area contributed by atoms with Gasteiger partial charge in [0.2, 0.25) is 0 Å². The molecule has 2 aromatic rings. The molecule has 1 amide bonds. The number of hydrogen-bond acceptors (Lipinski definition) is 7. The molecular weight excluding hydrogens is 430 g/mol. The Balaban J connectivity index is 2.31. The molecule has 0 fully saturated rings. The minimum absolute atomic E-state index is 0.00441. The van der Waals surface area contributed by atoms with Gasteiger partial charge in [0, 0.05) is 5.92 Å². The number of carboxylic acids is 1. The molecule has 0 bridgehead atoms. The van der Waals surface area contributed by atoms with Crippen LogP contribution in [0.2, 0.25) is 0 Å². The first-order chi connectivity index (χ1) is 15.4. The van der Waals surface area contributed by atoms with Gasteiger partial charge in [-0.3, -0.25) is 0 Å². The zero-order chi connectivity index (χ0) is 24.8. The summed E-state index contributed by atoms with van der Waals surface area (Å²) in [5.41, 5.74) is -0.195. The van der Waals surface area contributed by atoms with Crippen molar-refractivity contribution >= 4 is 18.0 Å². The van der Waals surface area contributed by atoms with Crippen molar-refractivity contribution < 1.29 is 39.2 Å². The summed E-state index contributed by atoms with van der Waals surface area (Å²) in [6, 6.07) is 10.7. The molecule has 0 aliphatic carbocycles. The van der Waals surface area contributed by atoms with Crippen molar-refractivity contribution in [3.63, 3.8) is 0 Å². The molecule has 9 heteroatoms. The van der Waals surface area contributed by atoms with E-state index in [-0.39, 0.29) is 12.2 Å². The fourth-order valence-corrected chi connectivity index (χ4v) is 3.24. The van der Waals surface area contributed by atoms with E-state index in [1.54, 1.807) is 58.0 Å². The zero-order valence-corrected chi connectivity index (χ0v) is 18.9. The number of aromatic hydroxyl groups is 2. The number of aliphatic carboxylic acids is 1. The van der Waals surface area contributed by atoms with Crippen molar-refractivity contribution in [2.45, 2.75) is 57.8 Å². The topological polar surface area (TPSA) is 142 Å². The second-order valence-electron chi connectivity index (χ2n) is 8.63. The second-order valence-corrected chi connectivity index (χ2v) is 8.63. The lowest BCUT2D eigenvalue weighted by Crippen LogP contribution is -2.47. The van der Waals surface area contributed by atoms with E-state index in [1.165, 1.54) is 18.2 Å². The molecule has 2 unspecified atom stereocenters. The maximum atomic E-state index is 12.4. The SMILES string of the molecule is CC(CC(c1ccc(O)c(O)c1)[C@@H](NC(=O)OC(C)(C)C)C(=O)O)OC(=O)c1ccccc1. The molecule has 0 heterocycles. The summed E-state index contributed by atoms with van der Waals surface area (Å²) < 4.78 is 10.7. The van der Waals surface area contributed by atoms with Crippen LogP contribution in [0.3, 0.4) is 0 Å². The van der Waals surface area contributed by atoms with Crippen LogP contribution in [0.15, 0.2) is 48.5 Å². The van der Waals surface area contributed by atoms with Gasteiger partial charge in [-0.05, 0) is 63.9 Å². The van der Waals surface area contributed by atoms with Gasteiger partial charge in [-0.1, -0.05) is 24.3 Å². The van der Waals surface area contributed by atoms with Gasteiger partial charge >= 0.3 is 18.0 Å². The molecule has 2 aromatic carbocycles. The number of amides is 1. The van der Waals surface area contributed by atoms with Crippen LogP contribution >= 0.6 is 0 Å². The molecule has 0 saturated heterocycles. The summed E-state index contributed by atoms with van der Waals surface area (Å²) in [6.07, 6.45) is -1.69. The number of rotatable bonds is 8. The molecule has 9 nitrogen and oxygen atoms in total. The van der Waals surface area contributed by atoms with Crippen LogP contribution in [0.1, 0.15) is 56.0 Å². The molecule has 0 saturated carbocycles. The Morgan fingerprint density at radius 2 is 1.64 bits per heavy atom. The predicted octanol–water partition coefficient (Wildman–Crippen LogP) is 3.79. The standard InChI is InChI=1S/C24H29NO8/c1-14(32-22(30)15-8-6-5-7-9-15)12-17(16-10-11-18(26)19(27)13-16)20(21(28)29)25-23(31)33-24(2,3)4/h5-11,13-14,17,20,26-27H,12H2,1-4H3,(H,25,31)(H,28,29)/t14?,17?,20-/m1/s1. The van der Waals surface area contributed by atoms with E-state index in [0.717, 1.165) is 0 Å². The van der Waals surface area contributed by atoms with Gasteiger partial charge in [0.25, 0.3) is 0 Å². The van der Waals surface area contributed by atoms with E-state index < -0.39 is 47.4 Å². The largest absolute Gasteiger partial charge is 0.504 e. The van der Waals surface area contributed by atoms with Crippen LogP contribution in [0.25, 0.3) is 0 Å². The van der Waals surface area contributed by atoms with Gasteiger partial charge in [-0.15, -0.1) is 0 Å². The van der Waals surface area contributed by atoms with Crippen LogP contribution < -0.4 is 5.32 Å². The van der Waals surface area contributed by atoms with Gasteiger partial charge in [-0.2, -0.15) is 0 Å².